The maximum atomic E-state index is 11.1. The van der Waals surface area contributed by atoms with Gasteiger partial charge in [-0.3, -0.25) is 9.78 Å². The Morgan fingerprint density at radius 1 is 1.37 bits per heavy atom. The summed E-state index contributed by atoms with van der Waals surface area (Å²) in [6.45, 7) is 2.68. The van der Waals surface area contributed by atoms with Gasteiger partial charge in [-0.25, -0.2) is 4.98 Å². The van der Waals surface area contributed by atoms with E-state index in [1.165, 1.54) is 0 Å². The van der Waals surface area contributed by atoms with E-state index in [0.717, 1.165) is 28.4 Å². The molecule has 4 heteroatoms. The third-order valence-electron chi connectivity index (χ3n) is 3.08. The molecule has 0 aliphatic carbocycles. The summed E-state index contributed by atoms with van der Waals surface area (Å²) in [5.41, 5.74) is 3.72. The molecular weight excluding hydrogens is 238 g/mol. The van der Waals surface area contributed by atoms with Gasteiger partial charge in [-0.15, -0.1) is 0 Å². The van der Waals surface area contributed by atoms with Gasteiger partial charge in [0.1, 0.15) is 5.65 Å². The molecule has 0 saturated heterocycles. The fraction of sp³-hybridized carbons (Fsp3) is 0.133. The van der Waals surface area contributed by atoms with Crippen molar-refractivity contribution in [1.29, 1.82) is 0 Å². The van der Waals surface area contributed by atoms with Crippen LogP contribution in [0, 0.1) is 6.92 Å². The lowest BCUT2D eigenvalue weighted by atomic mass is 10.2. The van der Waals surface area contributed by atoms with Gasteiger partial charge in [-0.2, -0.15) is 0 Å². The van der Waals surface area contributed by atoms with Crippen LogP contribution in [0.5, 0.6) is 0 Å². The molecule has 0 N–H and O–H groups in total. The van der Waals surface area contributed by atoms with Crippen LogP contribution in [0.2, 0.25) is 0 Å². The first-order valence-corrected chi connectivity index (χ1v) is 6.07. The molecule has 94 valence electrons. The van der Waals surface area contributed by atoms with E-state index in [-0.39, 0.29) is 0 Å². The molecule has 3 aromatic heterocycles. The molecule has 3 heterocycles. The molecule has 0 spiro atoms. The minimum atomic E-state index is 0.663. The van der Waals surface area contributed by atoms with Gasteiger partial charge in [-0.1, -0.05) is 6.07 Å². The number of pyridine rings is 2. The second-order valence-electron chi connectivity index (χ2n) is 4.58. The Morgan fingerprint density at radius 3 is 3.05 bits per heavy atom. The van der Waals surface area contributed by atoms with Crippen molar-refractivity contribution in [2.24, 2.45) is 0 Å². The van der Waals surface area contributed by atoms with Crippen LogP contribution in [0.15, 0.2) is 43.0 Å². The Hall–Kier alpha value is -2.49. The van der Waals surface area contributed by atoms with Crippen molar-refractivity contribution < 1.29 is 4.79 Å². The molecule has 0 fully saturated rings. The molecule has 0 bridgehead atoms. The maximum Gasteiger partial charge on any atom is 0.152 e. The summed E-state index contributed by atoms with van der Waals surface area (Å²) in [6.07, 6.45) is 8.11. The van der Waals surface area contributed by atoms with E-state index < -0.39 is 0 Å². The van der Waals surface area contributed by atoms with Crippen LogP contribution < -0.4 is 0 Å². The van der Waals surface area contributed by atoms with Gasteiger partial charge in [0.25, 0.3) is 0 Å². The number of fused-ring (bicyclic) bond motifs is 1. The first kappa shape index (κ1) is 11.6. The number of nitrogens with zero attached hydrogens (tertiary/aromatic N) is 3. The minimum absolute atomic E-state index is 0.663. The van der Waals surface area contributed by atoms with Crippen LogP contribution in [-0.4, -0.2) is 20.8 Å². The molecule has 4 nitrogen and oxygen atoms in total. The molecule has 0 saturated carbocycles. The molecule has 3 aromatic rings. The highest BCUT2D eigenvalue weighted by Gasteiger charge is 2.08. The zero-order valence-corrected chi connectivity index (χ0v) is 10.6. The monoisotopic (exact) mass is 251 g/mol. The molecule has 0 aromatic carbocycles. The number of hydrogen-bond donors (Lipinski definition) is 0. The van der Waals surface area contributed by atoms with Gasteiger partial charge < -0.3 is 4.57 Å². The van der Waals surface area contributed by atoms with Gasteiger partial charge in [0.15, 0.2) is 6.29 Å². The SMILES string of the molecule is Cc1cncc(Cn2cc(C=O)c3cccnc32)c1. The van der Waals surface area contributed by atoms with Crippen LogP contribution in [0.3, 0.4) is 0 Å². The molecular formula is C15H13N3O. The predicted octanol–water partition coefficient (Wildman–Crippen LogP) is 2.60. The summed E-state index contributed by atoms with van der Waals surface area (Å²) in [4.78, 5) is 19.6. The minimum Gasteiger partial charge on any atom is -0.327 e. The zero-order chi connectivity index (χ0) is 13.2. The Kier molecular flexibility index (Phi) is 2.83. The Labute approximate surface area is 110 Å². The molecule has 0 unspecified atom stereocenters. The van der Waals surface area contributed by atoms with Gasteiger partial charge >= 0.3 is 0 Å². The molecule has 3 rings (SSSR count). The molecule has 0 amide bonds. The summed E-state index contributed by atoms with van der Waals surface area (Å²) >= 11 is 0. The summed E-state index contributed by atoms with van der Waals surface area (Å²) in [5.74, 6) is 0. The first-order chi connectivity index (χ1) is 9.28. The highest BCUT2D eigenvalue weighted by Crippen LogP contribution is 2.19. The number of carbonyl (C=O) groups is 1. The van der Waals surface area contributed by atoms with Gasteiger partial charge in [0.2, 0.25) is 0 Å². The van der Waals surface area contributed by atoms with E-state index in [1.54, 1.807) is 6.20 Å². The molecule has 0 atom stereocenters. The van der Waals surface area contributed by atoms with Crippen molar-refractivity contribution in [2.45, 2.75) is 13.5 Å². The second-order valence-corrected chi connectivity index (χ2v) is 4.58. The lowest BCUT2D eigenvalue weighted by Crippen LogP contribution is -2.00. The fourth-order valence-corrected chi connectivity index (χ4v) is 2.26. The number of aldehydes is 1. The number of aromatic nitrogens is 3. The zero-order valence-electron chi connectivity index (χ0n) is 10.6. The number of aryl methyl sites for hydroxylation is 1. The highest BCUT2D eigenvalue weighted by molar-refractivity contribution is 5.95. The smallest absolute Gasteiger partial charge is 0.152 e. The molecule has 0 aliphatic rings. The summed E-state index contributed by atoms with van der Waals surface area (Å²) in [5, 5.41) is 0.887. The Bertz CT molecular complexity index is 746. The van der Waals surface area contributed by atoms with Gasteiger partial charge in [0.05, 0.1) is 6.54 Å². The van der Waals surface area contributed by atoms with Crippen molar-refractivity contribution in [3.8, 4) is 0 Å². The molecule has 0 aliphatic heterocycles. The normalized spacial score (nSPS) is 10.8. The first-order valence-electron chi connectivity index (χ1n) is 6.07. The summed E-state index contributed by atoms with van der Waals surface area (Å²) in [6, 6.07) is 5.84. The third-order valence-corrected chi connectivity index (χ3v) is 3.08. The van der Waals surface area contributed by atoms with E-state index in [2.05, 4.69) is 16.0 Å². The lowest BCUT2D eigenvalue weighted by molar-refractivity contribution is 0.112. The lowest BCUT2D eigenvalue weighted by Gasteiger charge is -2.05. The molecule has 19 heavy (non-hydrogen) atoms. The van der Waals surface area contributed by atoms with Crippen molar-refractivity contribution in [3.63, 3.8) is 0 Å². The maximum absolute atomic E-state index is 11.1. The topological polar surface area (TPSA) is 47.8 Å². The molecule has 0 radical (unpaired) electrons. The number of rotatable bonds is 3. The van der Waals surface area contributed by atoms with Crippen LogP contribution in [0.1, 0.15) is 21.5 Å². The van der Waals surface area contributed by atoms with E-state index in [1.807, 2.05) is 42.2 Å². The fourth-order valence-electron chi connectivity index (χ4n) is 2.26. The van der Waals surface area contributed by atoms with Crippen LogP contribution in [0.25, 0.3) is 11.0 Å². The third kappa shape index (κ3) is 2.12. The van der Waals surface area contributed by atoms with Crippen molar-refractivity contribution in [3.05, 3.63) is 59.7 Å². The number of hydrogen-bond acceptors (Lipinski definition) is 3. The summed E-state index contributed by atoms with van der Waals surface area (Å²) in [7, 11) is 0. The van der Waals surface area contributed by atoms with E-state index in [9.17, 15) is 4.79 Å². The van der Waals surface area contributed by atoms with Crippen LogP contribution in [-0.2, 0) is 6.54 Å². The summed E-state index contributed by atoms with van der Waals surface area (Å²) < 4.78 is 1.98. The van der Waals surface area contributed by atoms with Crippen molar-refractivity contribution >= 4 is 17.3 Å². The van der Waals surface area contributed by atoms with Gasteiger partial charge in [-0.05, 0) is 30.2 Å². The largest absolute Gasteiger partial charge is 0.327 e. The highest BCUT2D eigenvalue weighted by atomic mass is 16.1. The quantitative estimate of drug-likeness (QED) is 0.672. The predicted molar refractivity (Wildman–Crippen MR) is 73.2 cm³/mol. The van der Waals surface area contributed by atoms with Crippen molar-refractivity contribution in [1.82, 2.24) is 14.5 Å². The average molecular weight is 251 g/mol. The van der Waals surface area contributed by atoms with E-state index in [0.29, 0.717) is 12.1 Å². The van der Waals surface area contributed by atoms with Gasteiger partial charge in [0, 0.05) is 35.7 Å². The average Bonchev–Trinajstić information content (AvgIpc) is 2.77. The van der Waals surface area contributed by atoms with Crippen molar-refractivity contribution in [2.75, 3.05) is 0 Å². The number of carbonyl (C=O) groups excluding carboxylic acids is 1. The Morgan fingerprint density at radius 2 is 2.26 bits per heavy atom. The van der Waals surface area contributed by atoms with E-state index in [4.69, 9.17) is 0 Å². The Balaban J connectivity index is 2.08. The second kappa shape index (κ2) is 4.65. The standard InChI is InChI=1S/C15H13N3O/c1-11-5-12(7-16-6-11)8-18-9-13(10-19)14-3-2-4-17-15(14)18/h2-7,9-10H,8H2,1H3. The van der Waals surface area contributed by atoms with Crippen LogP contribution in [0.4, 0.5) is 0 Å². The van der Waals surface area contributed by atoms with E-state index >= 15 is 0 Å². The van der Waals surface area contributed by atoms with Crippen LogP contribution >= 0.6 is 0 Å².